The van der Waals surface area contributed by atoms with E-state index in [0.717, 1.165) is 24.9 Å². The standard InChI is InChI=1S/C14H19FN2O2/c15-13-7-6-12(10-14(13)17(18)19)16-9-8-11-4-2-1-3-5-11/h6-7,10-11,16H,1-5,8-9H2. The van der Waals surface area contributed by atoms with E-state index in [2.05, 4.69) is 5.32 Å². The molecular weight excluding hydrogens is 247 g/mol. The molecule has 5 heteroatoms. The topological polar surface area (TPSA) is 55.2 Å². The number of anilines is 1. The number of halogens is 1. The molecule has 0 spiro atoms. The third kappa shape index (κ3) is 3.91. The van der Waals surface area contributed by atoms with Crippen molar-refractivity contribution in [3.63, 3.8) is 0 Å². The van der Waals surface area contributed by atoms with Gasteiger partial charge in [-0.05, 0) is 24.5 Å². The van der Waals surface area contributed by atoms with Crippen LogP contribution in [0, 0.1) is 21.8 Å². The number of hydrogen-bond acceptors (Lipinski definition) is 3. The summed E-state index contributed by atoms with van der Waals surface area (Å²) in [5.74, 6) is -0.0282. The van der Waals surface area contributed by atoms with E-state index < -0.39 is 16.4 Å². The summed E-state index contributed by atoms with van der Waals surface area (Å²) in [7, 11) is 0. The smallest absolute Gasteiger partial charge is 0.306 e. The van der Waals surface area contributed by atoms with Gasteiger partial charge >= 0.3 is 5.69 Å². The number of nitrogens with zero attached hydrogens (tertiary/aromatic N) is 1. The lowest BCUT2D eigenvalue weighted by molar-refractivity contribution is -0.387. The molecule has 1 aromatic rings. The van der Waals surface area contributed by atoms with Crippen molar-refractivity contribution in [3.05, 3.63) is 34.1 Å². The highest BCUT2D eigenvalue weighted by molar-refractivity contribution is 5.51. The maximum absolute atomic E-state index is 13.2. The Balaban J connectivity index is 1.85. The quantitative estimate of drug-likeness (QED) is 0.644. The fourth-order valence-electron chi connectivity index (χ4n) is 2.66. The molecule has 0 amide bonds. The first-order valence-corrected chi connectivity index (χ1v) is 6.84. The van der Waals surface area contributed by atoms with Crippen molar-refractivity contribution in [1.29, 1.82) is 0 Å². The number of benzene rings is 1. The average Bonchev–Trinajstić information content (AvgIpc) is 2.41. The van der Waals surface area contributed by atoms with Crippen molar-refractivity contribution in [2.24, 2.45) is 5.92 Å². The van der Waals surface area contributed by atoms with Gasteiger partial charge in [0, 0.05) is 18.3 Å². The highest BCUT2D eigenvalue weighted by atomic mass is 19.1. The Hall–Kier alpha value is -1.65. The molecule has 0 aliphatic heterocycles. The van der Waals surface area contributed by atoms with Gasteiger partial charge in [-0.1, -0.05) is 32.1 Å². The van der Waals surface area contributed by atoms with Crippen molar-refractivity contribution in [2.45, 2.75) is 38.5 Å². The zero-order valence-electron chi connectivity index (χ0n) is 10.9. The van der Waals surface area contributed by atoms with E-state index in [-0.39, 0.29) is 0 Å². The molecule has 1 aliphatic carbocycles. The summed E-state index contributed by atoms with van der Waals surface area (Å²) in [4.78, 5) is 9.94. The minimum Gasteiger partial charge on any atom is -0.385 e. The molecule has 19 heavy (non-hydrogen) atoms. The van der Waals surface area contributed by atoms with Gasteiger partial charge in [0.2, 0.25) is 5.82 Å². The molecule has 1 fully saturated rings. The van der Waals surface area contributed by atoms with Crippen LogP contribution in [0.25, 0.3) is 0 Å². The second-order valence-electron chi connectivity index (χ2n) is 5.14. The van der Waals surface area contributed by atoms with Gasteiger partial charge in [-0.25, -0.2) is 0 Å². The fraction of sp³-hybridized carbons (Fsp3) is 0.571. The number of nitro groups is 1. The molecular formula is C14H19FN2O2. The summed E-state index contributed by atoms with van der Waals surface area (Å²) in [6.45, 7) is 0.785. The van der Waals surface area contributed by atoms with Crippen LogP contribution in [0.5, 0.6) is 0 Å². The fourth-order valence-corrected chi connectivity index (χ4v) is 2.66. The maximum atomic E-state index is 13.2. The lowest BCUT2D eigenvalue weighted by Gasteiger charge is -2.21. The van der Waals surface area contributed by atoms with Crippen LogP contribution in [0.2, 0.25) is 0 Å². The van der Waals surface area contributed by atoms with Crippen molar-refractivity contribution in [3.8, 4) is 0 Å². The SMILES string of the molecule is O=[N+]([O-])c1cc(NCCC2CCCCC2)ccc1F. The molecule has 2 rings (SSSR count). The molecule has 0 bridgehead atoms. The van der Waals surface area contributed by atoms with Gasteiger partial charge < -0.3 is 5.32 Å². The molecule has 0 unspecified atom stereocenters. The molecule has 1 saturated carbocycles. The van der Waals surface area contributed by atoms with Crippen molar-refractivity contribution in [2.75, 3.05) is 11.9 Å². The Morgan fingerprint density at radius 1 is 1.32 bits per heavy atom. The van der Waals surface area contributed by atoms with E-state index in [9.17, 15) is 14.5 Å². The summed E-state index contributed by atoms with van der Waals surface area (Å²) in [5, 5.41) is 13.8. The first-order valence-electron chi connectivity index (χ1n) is 6.84. The van der Waals surface area contributed by atoms with E-state index in [0.29, 0.717) is 5.69 Å². The molecule has 0 radical (unpaired) electrons. The number of nitrogens with one attached hydrogen (secondary N) is 1. The first-order chi connectivity index (χ1) is 9.16. The number of nitro benzene ring substituents is 1. The second kappa shape index (κ2) is 6.50. The molecule has 4 nitrogen and oxygen atoms in total. The Bertz CT molecular complexity index is 445. The van der Waals surface area contributed by atoms with Crippen molar-refractivity contribution < 1.29 is 9.31 Å². The van der Waals surface area contributed by atoms with Crippen molar-refractivity contribution >= 4 is 11.4 Å². The van der Waals surface area contributed by atoms with Gasteiger partial charge in [0.15, 0.2) is 0 Å². The van der Waals surface area contributed by atoms with Gasteiger partial charge in [-0.15, -0.1) is 0 Å². The van der Waals surface area contributed by atoms with Crippen LogP contribution in [0.4, 0.5) is 15.8 Å². The van der Waals surface area contributed by atoms with E-state index in [1.165, 1.54) is 38.2 Å². The normalized spacial score (nSPS) is 16.3. The summed E-state index contributed by atoms with van der Waals surface area (Å²) >= 11 is 0. The predicted octanol–water partition coefficient (Wildman–Crippen LogP) is 4.12. The minimum atomic E-state index is -0.789. The van der Waals surface area contributed by atoms with Crippen molar-refractivity contribution in [1.82, 2.24) is 0 Å². The molecule has 104 valence electrons. The first kappa shape index (κ1) is 13.8. The Morgan fingerprint density at radius 3 is 2.74 bits per heavy atom. The van der Waals surface area contributed by atoms with E-state index in [1.54, 1.807) is 6.07 Å². The number of rotatable bonds is 5. The van der Waals surface area contributed by atoms with Gasteiger partial charge in [0.25, 0.3) is 0 Å². The van der Waals surface area contributed by atoms with Crippen LogP contribution in [-0.2, 0) is 0 Å². The van der Waals surface area contributed by atoms with E-state index >= 15 is 0 Å². The summed E-state index contributed by atoms with van der Waals surface area (Å²) in [5.41, 5.74) is 0.145. The van der Waals surface area contributed by atoms with E-state index in [4.69, 9.17) is 0 Å². The lowest BCUT2D eigenvalue weighted by atomic mass is 9.87. The Morgan fingerprint density at radius 2 is 2.05 bits per heavy atom. The molecule has 0 saturated heterocycles. The average molecular weight is 266 g/mol. The molecule has 0 heterocycles. The van der Waals surface area contributed by atoms with Crippen LogP contribution < -0.4 is 5.32 Å². The lowest BCUT2D eigenvalue weighted by Crippen LogP contribution is -2.12. The van der Waals surface area contributed by atoms with Crippen LogP contribution in [0.15, 0.2) is 18.2 Å². The van der Waals surface area contributed by atoms with Gasteiger partial charge in [-0.3, -0.25) is 10.1 Å². The Kier molecular flexibility index (Phi) is 4.71. The highest BCUT2D eigenvalue weighted by Crippen LogP contribution is 2.26. The summed E-state index contributed by atoms with van der Waals surface area (Å²) < 4.78 is 13.2. The molecule has 1 aromatic carbocycles. The summed E-state index contributed by atoms with van der Waals surface area (Å²) in [6, 6.07) is 3.94. The van der Waals surface area contributed by atoms with Gasteiger partial charge in [0.1, 0.15) is 0 Å². The minimum absolute atomic E-state index is 0.470. The third-order valence-corrected chi connectivity index (χ3v) is 3.75. The second-order valence-corrected chi connectivity index (χ2v) is 5.14. The number of hydrogen-bond donors (Lipinski definition) is 1. The highest BCUT2D eigenvalue weighted by Gasteiger charge is 2.15. The largest absolute Gasteiger partial charge is 0.385 e. The predicted molar refractivity (Wildman–Crippen MR) is 72.7 cm³/mol. The molecule has 1 N–H and O–H groups in total. The van der Waals surface area contributed by atoms with Crippen LogP contribution in [-0.4, -0.2) is 11.5 Å². The zero-order valence-corrected chi connectivity index (χ0v) is 10.9. The third-order valence-electron chi connectivity index (χ3n) is 3.75. The van der Waals surface area contributed by atoms with E-state index in [1.807, 2.05) is 0 Å². The monoisotopic (exact) mass is 266 g/mol. The van der Waals surface area contributed by atoms with Gasteiger partial charge in [-0.2, -0.15) is 4.39 Å². The molecule has 0 aromatic heterocycles. The van der Waals surface area contributed by atoms with Crippen LogP contribution in [0.3, 0.4) is 0 Å². The van der Waals surface area contributed by atoms with Crippen LogP contribution in [0.1, 0.15) is 38.5 Å². The summed E-state index contributed by atoms with van der Waals surface area (Å²) in [6.07, 6.45) is 7.61. The molecule has 1 aliphatic rings. The Labute approximate surface area is 112 Å². The van der Waals surface area contributed by atoms with Crippen LogP contribution >= 0.6 is 0 Å². The van der Waals surface area contributed by atoms with Gasteiger partial charge in [0.05, 0.1) is 4.92 Å². The molecule has 0 atom stereocenters. The maximum Gasteiger partial charge on any atom is 0.306 e. The zero-order chi connectivity index (χ0) is 13.7.